The standard InChI is InChI=1S/C25H22BrClN2O3S/c1-31-23-5-3-4-20(25(23)32-2)22-14-21(16-6-8-17(26)9-7-16)28-29(22)24(30)15-33-19-12-10-18(27)11-13-19/h3-13,22H,14-15H2,1-2H3/t22-/m1/s1. The van der Waals surface area contributed by atoms with Crippen LogP contribution in [0.15, 0.2) is 81.2 Å². The summed E-state index contributed by atoms with van der Waals surface area (Å²) < 4.78 is 12.1. The summed E-state index contributed by atoms with van der Waals surface area (Å²) in [6.45, 7) is 0. The maximum Gasteiger partial charge on any atom is 0.253 e. The number of thioether (sulfide) groups is 1. The fourth-order valence-corrected chi connectivity index (χ4v) is 4.86. The van der Waals surface area contributed by atoms with Crippen molar-refractivity contribution in [2.24, 2.45) is 5.10 Å². The van der Waals surface area contributed by atoms with E-state index in [4.69, 9.17) is 26.2 Å². The minimum Gasteiger partial charge on any atom is -0.493 e. The highest BCUT2D eigenvalue weighted by Crippen LogP contribution is 2.42. The van der Waals surface area contributed by atoms with Crippen molar-refractivity contribution in [3.05, 3.63) is 87.4 Å². The minimum atomic E-state index is -0.299. The van der Waals surface area contributed by atoms with Crippen molar-refractivity contribution in [1.29, 1.82) is 0 Å². The lowest BCUT2D eigenvalue weighted by molar-refractivity contribution is -0.130. The molecule has 0 unspecified atom stereocenters. The predicted octanol–water partition coefficient (Wildman–Crippen LogP) is 6.59. The molecular formula is C25H22BrClN2O3S. The second kappa shape index (κ2) is 10.6. The molecule has 0 fully saturated rings. The van der Waals surface area contributed by atoms with Crippen LogP contribution in [0.2, 0.25) is 5.02 Å². The van der Waals surface area contributed by atoms with Crippen LogP contribution in [0.25, 0.3) is 0 Å². The number of rotatable bonds is 7. The van der Waals surface area contributed by atoms with Crippen molar-refractivity contribution < 1.29 is 14.3 Å². The Balaban J connectivity index is 1.65. The molecule has 1 heterocycles. The summed E-state index contributed by atoms with van der Waals surface area (Å²) in [5, 5.41) is 7.00. The SMILES string of the molecule is COc1cccc([C@H]2CC(c3ccc(Br)cc3)=NN2C(=O)CSc2ccc(Cl)cc2)c1OC. The first-order valence-corrected chi connectivity index (χ1v) is 12.4. The van der Waals surface area contributed by atoms with Crippen LogP contribution in [-0.4, -0.2) is 36.6 Å². The number of nitrogens with zero attached hydrogens (tertiary/aromatic N) is 2. The van der Waals surface area contributed by atoms with E-state index in [1.165, 1.54) is 11.8 Å². The molecule has 0 spiro atoms. The third-order valence-electron chi connectivity index (χ3n) is 5.31. The van der Waals surface area contributed by atoms with E-state index in [9.17, 15) is 4.79 Å². The van der Waals surface area contributed by atoms with Gasteiger partial charge in [0.2, 0.25) is 0 Å². The number of carbonyl (C=O) groups excluding carboxylic acids is 1. The zero-order valence-corrected chi connectivity index (χ0v) is 21.3. The van der Waals surface area contributed by atoms with Crippen LogP contribution in [0.4, 0.5) is 0 Å². The number of hydrogen-bond acceptors (Lipinski definition) is 5. The zero-order chi connectivity index (χ0) is 23.4. The molecule has 0 bridgehead atoms. The van der Waals surface area contributed by atoms with Gasteiger partial charge < -0.3 is 9.47 Å². The molecule has 1 aliphatic rings. The summed E-state index contributed by atoms with van der Waals surface area (Å²) in [5.41, 5.74) is 2.69. The molecule has 0 aliphatic carbocycles. The van der Waals surface area contributed by atoms with Gasteiger partial charge in [-0.25, -0.2) is 5.01 Å². The number of hydrazone groups is 1. The third kappa shape index (κ3) is 5.37. The summed E-state index contributed by atoms with van der Waals surface area (Å²) in [7, 11) is 3.21. The lowest BCUT2D eigenvalue weighted by Gasteiger charge is -2.24. The maximum absolute atomic E-state index is 13.3. The van der Waals surface area contributed by atoms with Crippen LogP contribution in [-0.2, 0) is 4.79 Å². The highest BCUT2D eigenvalue weighted by molar-refractivity contribution is 9.10. The highest BCUT2D eigenvalue weighted by atomic mass is 79.9. The molecule has 0 saturated heterocycles. The van der Waals surface area contributed by atoms with Crippen molar-refractivity contribution in [1.82, 2.24) is 5.01 Å². The fourth-order valence-electron chi connectivity index (χ4n) is 3.72. The second-order valence-electron chi connectivity index (χ2n) is 7.34. The molecule has 4 rings (SSSR count). The lowest BCUT2D eigenvalue weighted by Crippen LogP contribution is -2.28. The smallest absolute Gasteiger partial charge is 0.253 e. The van der Waals surface area contributed by atoms with Gasteiger partial charge in [0.1, 0.15) is 0 Å². The maximum atomic E-state index is 13.3. The van der Waals surface area contributed by atoms with Crippen LogP contribution >= 0.6 is 39.3 Å². The van der Waals surface area contributed by atoms with Crippen LogP contribution < -0.4 is 9.47 Å². The molecule has 8 heteroatoms. The summed E-state index contributed by atoms with van der Waals surface area (Å²) in [5.74, 6) is 1.40. The molecule has 1 amide bonds. The fraction of sp³-hybridized carbons (Fsp3) is 0.200. The van der Waals surface area contributed by atoms with Crippen LogP contribution in [0.5, 0.6) is 11.5 Å². The lowest BCUT2D eigenvalue weighted by atomic mass is 9.97. The Morgan fingerprint density at radius 2 is 1.82 bits per heavy atom. The molecule has 170 valence electrons. The van der Waals surface area contributed by atoms with Gasteiger partial charge >= 0.3 is 0 Å². The van der Waals surface area contributed by atoms with Crippen molar-refractivity contribution in [3.8, 4) is 11.5 Å². The van der Waals surface area contributed by atoms with Gasteiger partial charge in [-0.1, -0.05) is 51.8 Å². The van der Waals surface area contributed by atoms with Gasteiger partial charge in [0, 0.05) is 26.4 Å². The number of halogens is 2. The zero-order valence-electron chi connectivity index (χ0n) is 18.1. The summed E-state index contributed by atoms with van der Waals surface area (Å²) in [4.78, 5) is 14.3. The molecule has 3 aromatic carbocycles. The minimum absolute atomic E-state index is 0.0862. The second-order valence-corrected chi connectivity index (χ2v) is 9.74. The predicted molar refractivity (Wildman–Crippen MR) is 137 cm³/mol. The number of amides is 1. The van der Waals surface area contributed by atoms with Gasteiger partial charge in [-0.2, -0.15) is 5.10 Å². The quantitative estimate of drug-likeness (QED) is 0.314. The number of para-hydroxylation sites is 1. The number of ether oxygens (including phenoxy) is 2. The Morgan fingerprint density at radius 3 is 2.48 bits per heavy atom. The van der Waals surface area contributed by atoms with E-state index in [1.54, 1.807) is 19.2 Å². The molecular weight excluding hydrogens is 524 g/mol. The van der Waals surface area contributed by atoms with Crippen molar-refractivity contribution >= 4 is 50.9 Å². The summed E-state index contributed by atoms with van der Waals surface area (Å²) in [6.07, 6.45) is 0.572. The average Bonchev–Trinajstić information content (AvgIpc) is 3.28. The first-order chi connectivity index (χ1) is 16.0. The van der Waals surface area contributed by atoms with Gasteiger partial charge in [0.15, 0.2) is 11.5 Å². The monoisotopic (exact) mass is 544 g/mol. The van der Waals surface area contributed by atoms with Crippen molar-refractivity contribution in [2.75, 3.05) is 20.0 Å². The molecule has 0 saturated carbocycles. The first-order valence-electron chi connectivity index (χ1n) is 10.2. The van der Waals surface area contributed by atoms with Crippen LogP contribution in [0.3, 0.4) is 0 Å². The highest BCUT2D eigenvalue weighted by Gasteiger charge is 2.35. The Labute approximate surface area is 210 Å². The normalized spacial score (nSPS) is 15.3. The largest absolute Gasteiger partial charge is 0.493 e. The Hall–Kier alpha value is -2.48. The topological polar surface area (TPSA) is 51.1 Å². The van der Waals surface area contributed by atoms with Gasteiger partial charge in [-0.3, -0.25) is 4.79 Å². The molecule has 0 aromatic heterocycles. The van der Waals surface area contributed by atoms with E-state index in [0.717, 1.165) is 26.2 Å². The molecule has 5 nitrogen and oxygen atoms in total. The molecule has 1 aliphatic heterocycles. The van der Waals surface area contributed by atoms with E-state index in [2.05, 4.69) is 15.9 Å². The van der Waals surface area contributed by atoms with Crippen molar-refractivity contribution in [3.63, 3.8) is 0 Å². The van der Waals surface area contributed by atoms with E-state index in [0.29, 0.717) is 22.9 Å². The van der Waals surface area contributed by atoms with Gasteiger partial charge in [-0.05, 0) is 48.0 Å². The van der Waals surface area contributed by atoms with Crippen molar-refractivity contribution in [2.45, 2.75) is 17.4 Å². The number of hydrogen-bond donors (Lipinski definition) is 0. The van der Waals surface area contributed by atoms with Crippen LogP contribution in [0, 0.1) is 0 Å². The first kappa shape index (κ1) is 23.7. The Morgan fingerprint density at radius 1 is 1.09 bits per heavy atom. The van der Waals surface area contributed by atoms with E-state index in [-0.39, 0.29) is 17.7 Å². The summed E-state index contributed by atoms with van der Waals surface area (Å²) in [6, 6.07) is 20.8. The van der Waals surface area contributed by atoms with Crippen LogP contribution in [0.1, 0.15) is 23.6 Å². The van der Waals surface area contributed by atoms with E-state index in [1.807, 2.05) is 66.7 Å². The Bertz CT molecular complexity index is 1170. The Kier molecular flexibility index (Phi) is 7.63. The van der Waals surface area contributed by atoms with E-state index < -0.39 is 0 Å². The molecule has 3 aromatic rings. The van der Waals surface area contributed by atoms with Gasteiger partial charge in [0.05, 0.1) is 31.7 Å². The molecule has 0 radical (unpaired) electrons. The number of carbonyl (C=O) groups is 1. The van der Waals surface area contributed by atoms with Gasteiger partial charge in [-0.15, -0.1) is 11.8 Å². The number of benzene rings is 3. The molecule has 0 N–H and O–H groups in total. The third-order valence-corrected chi connectivity index (χ3v) is 7.09. The average molecular weight is 546 g/mol. The van der Waals surface area contributed by atoms with E-state index >= 15 is 0 Å². The molecule has 33 heavy (non-hydrogen) atoms. The number of methoxy groups -OCH3 is 2. The van der Waals surface area contributed by atoms with Gasteiger partial charge in [0.25, 0.3) is 5.91 Å². The molecule has 1 atom stereocenters. The summed E-state index contributed by atoms with van der Waals surface area (Å²) >= 11 is 10.9.